The van der Waals surface area contributed by atoms with Gasteiger partial charge < -0.3 is 20.9 Å². The molecule has 2 amide bonds. The van der Waals surface area contributed by atoms with E-state index in [1.54, 1.807) is 17.9 Å². The molecule has 0 spiro atoms. The lowest BCUT2D eigenvalue weighted by molar-refractivity contribution is -0.132. The van der Waals surface area contributed by atoms with Crippen LogP contribution in [0.1, 0.15) is 79.2 Å². The number of aliphatic hydroxyl groups is 1. The summed E-state index contributed by atoms with van der Waals surface area (Å²) in [5.41, 5.74) is 7.79. The molecule has 8 nitrogen and oxygen atoms in total. The first-order valence-electron chi connectivity index (χ1n) is 12.2. The van der Waals surface area contributed by atoms with Gasteiger partial charge in [0.1, 0.15) is 18.0 Å². The highest BCUT2D eigenvalue weighted by Gasteiger charge is 2.44. The van der Waals surface area contributed by atoms with Crippen molar-refractivity contribution in [3.63, 3.8) is 0 Å². The normalized spacial score (nSPS) is 26.6. The summed E-state index contributed by atoms with van der Waals surface area (Å²) < 4.78 is 5.67. The van der Waals surface area contributed by atoms with Crippen LogP contribution in [-0.4, -0.2) is 45.5 Å². The predicted molar refractivity (Wildman–Crippen MR) is 132 cm³/mol. The van der Waals surface area contributed by atoms with E-state index in [1.165, 1.54) is 0 Å². The summed E-state index contributed by atoms with van der Waals surface area (Å²) in [6, 6.07) is 12.0. The first-order valence-corrected chi connectivity index (χ1v) is 12.2. The quantitative estimate of drug-likeness (QED) is 0.613. The van der Waals surface area contributed by atoms with Gasteiger partial charge in [-0.2, -0.15) is 0 Å². The maximum atomic E-state index is 13.3. The maximum absolute atomic E-state index is 13.3. The van der Waals surface area contributed by atoms with Gasteiger partial charge in [0, 0.05) is 11.1 Å². The van der Waals surface area contributed by atoms with Crippen molar-refractivity contribution in [2.75, 3.05) is 6.61 Å². The van der Waals surface area contributed by atoms with E-state index in [9.17, 15) is 14.7 Å². The van der Waals surface area contributed by atoms with Crippen molar-refractivity contribution in [2.45, 2.75) is 69.7 Å². The fraction of sp³-hybridized carbons (Fsp3) is 0.444. The van der Waals surface area contributed by atoms with Crippen LogP contribution in [0, 0.1) is 0 Å². The first kappa shape index (κ1) is 23.4. The van der Waals surface area contributed by atoms with Crippen LogP contribution >= 0.6 is 0 Å². The zero-order valence-electron chi connectivity index (χ0n) is 20.4. The lowest BCUT2D eigenvalue weighted by Crippen LogP contribution is -2.54. The number of nitrogens with two attached hydrogens (primary N) is 1. The molecule has 5 rings (SSSR count). The highest BCUT2D eigenvalue weighted by molar-refractivity contribution is 6.00. The van der Waals surface area contributed by atoms with E-state index in [0.29, 0.717) is 24.2 Å². The van der Waals surface area contributed by atoms with Crippen molar-refractivity contribution in [3.8, 4) is 5.75 Å². The van der Waals surface area contributed by atoms with Crippen LogP contribution in [0.4, 0.5) is 0 Å². The van der Waals surface area contributed by atoms with Gasteiger partial charge in [0.05, 0.1) is 24.0 Å². The van der Waals surface area contributed by atoms with Crippen molar-refractivity contribution < 1.29 is 19.4 Å². The molecule has 2 aromatic carbocycles. The molecule has 0 saturated heterocycles. The van der Waals surface area contributed by atoms with E-state index in [1.807, 2.05) is 50.2 Å². The Kier molecular flexibility index (Phi) is 5.59. The smallest absolute Gasteiger partial charge is 0.251 e. The Morgan fingerprint density at radius 1 is 1.23 bits per heavy atom. The molecule has 1 unspecified atom stereocenters. The minimum atomic E-state index is -1.26. The van der Waals surface area contributed by atoms with Crippen LogP contribution in [-0.2, 0) is 11.2 Å². The summed E-state index contributed by atoms with van der Waals surface area (Å²) in [6.07, 6.45) is 2.53. The molecule has 0 saturated carbocycles. The van der Waals surface area contributed by atoms with Gasteiger partial charge in [0.15, 0.2) is 5.96 Å². The number of hydrogen-bond donors (Lipinski definition) is 3. The van der Waals surface area contributed by atoms with Crippen LogP contribution in [0.25, 0.3) is 0 Å². The van der Waals surface area contributed by atoms with Gasteiger partial charge >= 0.3 is 0 Å². The summed E-state index contributed by atoms with van der Waals surface area (Å²) in [5.74, 6) is 0.574. The lowest BCUT2D eigenvalue weighted by Gasteiger charge is -2.44. The number of ether oxygens (including phenoxy) is 1. The van der Waals surface area contributed by atoms with Crippen molar-refractivity contribution in [1.29, 1.82) is 0 Å². The number of nitrogens with zero attached hydrogens (tertiary/aromatic N) is 2. The van der Waals surface area contributed by atoms with E-state index in [2.05, 4.69) is 5.32 Å². The highest BCUT2D eigenvalue weighted by Crippen LogP contribution is 2.42. The van der Waals surface area contributed by atoms with E-state index < -0.39 is 17.2 Å². The molecule has 4 N–H and O–H groups in total. The number of amides is 2. The first-order chi connectivity index (χ1) is 16.7. The molecule has 2 aliphatic heterocycles. The van der Waals surface area contributed by atoms with Crippen molar-refractivity contribution in [2.24, 2.45) is 10.7 Å². The monoisotopic (exact) mass is 476 g/mol. The molecule has 2 aromatic rings. The largest absolute Gasteiger partial charge is 0.490 e. The number of guanidine groups is 1. The zero-order chi connectivity index (χ0) is 25.0. The Morgan fingerprint density at radius 3 is 2.69 bits per heavy atom. The number of para-hydroxylation sites is 1. The molecule has 35 heavy (non-hydrogen) atoms. The third-order valence-electron chi connectivity index (χ3n) is 7.80. The van der Waals surface area contributed by atoms with E-state index in [4.69, 9.17) is 15.5 Å². The van der Waals surface area contributed by atoms with Gasteiger partial charge in [0.25, 0.3) is 5.91 Å². The van der Waals surface area contributed by atoms with Crippen LogP contribution in [0.5, 0.6) is 5.75 Å². The molecule has 0 bridgehead atoms. The maximum Gasteiger partial charge on any atom is 0.251 e. The van der Waals surface area contributed by atoms with Gasteiger partial charge in [-0.3, -0.25) is 14.5 Å². The Morgan fingerprint density at radius 2 is 1.97 bits per heavy atom. The summed E-state index contributed by atoms with van der Waals surface area (Å²) in [4.78, 5) is 32.7. The van der Waals surface area contributed by atoms with Crippen LogP contribution < -0.4 is 15.8 Å². The fourth-order valence-electron chi connectivity index (χ4n) is 5.41. The van der Waals surface area contributed by atoms with E-state index in [-0.39, 0.29) is 30.4 Å². The third kappa shape index (κ3) is 3.86. The van der Waals surface area contributed by atoms with Crippen molar-refractivity contribution >= 4 is 17.8 Å². The molecular weight excluding hydrogens is 444 g/mol. The summed E-state index contributed by atoms with van der Waals surface area (Å²) in [6.45, 7) is 5.79. The minimum absolute atomic E-state index is 0.0263. The molecule has 0 radical (unpaired) electrons. The number of carbonyl (C=O) groups excluding carboxylic acids is 2. The average molecular weight is 477 g/mol. The van der Waals surface area contributed by atoms with Gasteiger partial charge in [-0.05, 0) is 55.5 Å². The van der Waals surface area contributed by atoms with Gasteiger partial charge in [-0.1, -0.05) is 38.1 Å². The SMILES string of the molecule is CCC1(CC)CC(=O)N(C2Cc3ccc(C(=O)N[C@@H]4c5ccccc5OC[C@@]4(C)O)cc32)C(N)=N1. The number of benzene rings is 2. The molecular formula is C27H32N4O4. The topological polar surface area (TPSA) is 117 Å². The second-order valence-corrected chi connectivity index (χ2v) is 10.1. The van der Waals surface area contributed by atoms with Crippen LogP contribution in [0.2, 0.25) is 0 Å². The van der Waals surface area contributed by atoms with Gasteiger partial charge in [-0.15, -0.1) is 0 Å². The van der Waals surface area contributed by atoms with Gasteiger partial charge in [-0.25, -0.2) is 4.99 Å². The minimum Gasteiger partial charge on any atom is -0.490 e. The number of nitrogens with one attached hydrogen (secondary N) is 1. The lowest BCUT2D eigenvalue weighted by atomic mass is 9.79. The molecule has 3 atom stereocenters. The molecule has 8 heteroatoms. The van der Waals surface area contributed by atoms with Crippen molar-refractivity contribution in [1.82, 2.24) is 10.2 Å². The Balaban J connectivity index is 1.39. The summed E-state index contributed by atoms with van der Waals surface area (Å²) >= 11 is 0. The number of rotatable bonds is 5. The Labute approximate surface area is 205 Å². The molecule has 1 aliphatic carbocycles. The standard InChI is InChI=1S/C27H32N4O4/c1-4-27(5-2)14-22(32)31(25(28)30-27)20-13-16-10-11-17(12-19(16)20)24(33)29-23-18-8-6-7-9-21(18)35-15-26(23,3)34/h6-12,20,23,34H,4-5,13-15H2,1-3H3,(H2,28,30)(H,29,33)/t20?,23-,26-/m1/s1. The van der Waals surface area contributed by atoms with Crippen LogP contribution in [0.3, 0.4) is 0 Å². The number of carbonyl (C=O) groups is 2. The Bertz CT molecular complexity index is 1220. The second-order valence-electron chi connectivity index (χ2n) is 10.1. The van der Waals surface area contributed by atoms with Gasteiger partial charge in [0.2, 0.25) is 5.91 Å². The number of hydrogen-bond acceptors (Lipinski definition) is 6. The van der Waals surface area contributed by atoms with E-state index >= 15 is 0 Å². The molecule has 0 fully saturated rings. The molecule has 3 aliphatic rings. The second kappa shape index (κ2) is 8.37. The number of fused-ring (bicyclic) bond motifs is 2. The van der Waals surface area contributed by atoms with Crippen LogP contribution in [0.15, 0.2) is 47.5 Å². The third-order valence-corrected chi connectivity index (χ3v) is 7.80. The summed E-state index contributed by atoms with van der Waals surface area (Å²) in [5, 5.41) is 13.9. The summed E-state index contributed by atoms with van der Waals surface area (Å²) in [7, 11) is 0. The fourth-order valence-corrected chi connectivity index (χ4v) is 5.41. The number of aliphatic imine (C=N–C) groups is 1. The highest BCUT2D eigenvalue weighted by atomic mass is 16.5. The average Bonchev–Trinajstić information content (AvgIpc) is 2.83. The zero-order valence-corrected chi connectivity index (χ0v) is 20.4. The van der Waals surface area contributed by atoms with Crippen molar-refractivity contribution in [3.05, 3.63) is 64.7 Å². The molecule has 0 aromatic heterocycles. The van der Waals surface area contributed by atoms with E-state index in [0.717, 1.165) is 29.5 Å². The Hall–Kier alpha value is -3.39. The predicted octanol–water partition coefficient (Wildman–Crippen LogP) is 3.00. The molecule has 184 valence electrons. The molecule has 2 heterocycles.